The van der Waals surface area contributed by atoms with Crippen molar-refractivity contribution in [1.29, 1.82) is 0 Å². The second-order valence-electron chi connectivity index (χ2n) is 6.68. The van der Waals surface area contributed by atoms with Gasteiger partial charge in [0.05, 0.1) is 12.0 Å². The van der Waals surface area contributed by atoms with Crippen LogP contribution in [-0.2, 0) is 14.3 Å². The fraction of sp³-hybridized carbons (Fsp3) is 0.556. The minimum atomic E-state index is -0.814. The van der Waals surface area contributed by atoms with Gasteiger partial charge >= 0.3 is 5.97 Å². The number of rotatable bonds is 5. The van der Waals surface area contributed by atoms with E-state index in [0.29, 0.717) is 32.4 Å². The molecule has 1 aliphatic heterocycles. The molecular formula is C18H22FNO4. The number of nitrogens with one attached hydrogen (secondary N) is 1. The van der Waals surface area contributed by atoms with Gasteiger partial charge in [-0.3, -0.25) is 9.59 Å². The summed E-state index contributed by atoms with van der Waals surface area (Å²) >= 11 is 0. The third-order valence-corrected chi connectivity index (χ3v) is 5.10. The Morgan fingerprint density at radius 2 is 1.88 bits per heavy atom. The van der Waals surface area contributed by atoms with Crippen molar-refractivity contribution in [3.63, 3.8) is 0 Å². The fourth-order valence-electron chi connectivity index (χ4n) is 3.68. The zero-order chi connectivity index (χ0) is 17.1. The third kappa shape index (κ3) is 3.75. The molecule has 2 aliphatic rings. The van der Waals surface area contributed by atoms with E-state index in [1.807, 2.05) is 0 Å². The lowest BCUT2D eigenvalue weighted by Crippen LogP contribution is -2.34. The maximum atomic E-state index is 13.0. The molecule has 3 rings (SSSR count). The second kappa shape index (κ2) is 7.30. The Balaban J connectivity index is 1.53. The molecule has 0 aromatic heterocycles. The zero-order valence-electron chi connectivity index (χ0n) is 13.4. The van der Waals surface area contributed by atoms with Crippen LogP contribution in [0, 0.1) is 23.6 Å². The average Bonchev–Trinajstić information content (AvgIpc) is 3.23. The van der Waals surface area contributed by atoms with E-state index in [1.54, 1.807) is 12.1 Å². The number of hydrogen-bond acceptors (Lipinski definition) is 3. The Hall–Kier alpha value is -1.95. The monoisotopic (exact) mass is 335 g/mol. The summed E-state index contributed by atoms with van der Waals surface area (Å²) in [5.41, 5.74) is 0.917. The van der Waals surface area contributed by atoms with E-state index in [0.717, 1.165) is 12.0 Å². The molecule has 24 heavy (non-hydrogen) atoms. The van der Waals surface area contributed by atoms with Gasteiger partial charge in [0.25, 0.3) is 0 Å². The molecule has 0 radical (unpaired) electrons. The third-order valence-electron chi connectivity index (χ3n) is 5.10. The number of ether oxygens (including phenoxy) is 1. The SMILES string of the molecule is O=C(O)[C@@H]1CC[C@H](C(=O)NC[C@@H]2CCO[C@H]2c2ccc(F)cc2)C1. The van der Waals surface area contributed by atoms with Gasteiger partial charge in [-0.15, -0.1) is 0 Å². The summed E-state index contributed by atoms with van der Waals surface area (Å²) < 4.78 is 18.8. The van der Waals surface area contributed by atoms with Crippen LogP contribution in [0.3, 0.4) is 0 Å². The van der Waals surface area contributed by atoms with E-state index >= 15 is 0 Å². The number of carbonyl (C=O) groups is 2. The van der Waals surface area contributed by atoms with E-state index in [4.69, 9.17) is 9.84 Å². The van der Waals surface area contributed by atoms with E-state index in [-0.39, 0.29) is 29.7 Å². The molecule has 1 aromatic carbocycles. The van der Waals surface area contributed by atoms with Crippen molar-refractivity contribution >= 4 is 11.9 Å². The molecule has 130 valence electrons. The molecule has 4 atom stereocenters. The van der Waals surface area contributed by atoms with Gasteiger partial charge < -0.3 is 15.2 Å². The Kier molecular flexibility index (Phi) is 5.14. The highest BCUT2D eigenvalue weighted by atomic mass is 19.1. The Labute approximate surface area is 140 Å². The molecule has 1 heterocycles. The molecule has 0 spiro atoms. The van der Waals surface area contributed by atoms with Crippen LogP contribution >= 0.6 is 0 Å². The fourth-order valence-corrected chi connectivity index (χ4v) is 3.68. The molecule has 1 amide bonds. The smallest absolute Gasteiger partial charge is 0.306 e. The molecule has 2 fully saturated rings. The number of halogens is 1. The quantitative estimate of drug-likeness (QED) is 0.867. The van der Waals surface area contributed by atoms with Gasteiger partial charge in [0, 0.05) is 25.0 Å². The summed E-state index contributed by atoms with van der Waals surface area (Å²) in [5.74, 6) is -1.62. The topological polar surface area (TPSA) is 75.6 Å². The Morgan fingerprint density at radius 3 is 2.54 bits per heavy atom. The maximum absolute atomic E-state index is 13.0. The van der Waals surface area contributed by atoms with Crippen LogP contribution in [0.25, 0.3) is 0 Å². The summed E-state index contributed by atoms with van der Waals surface area (Å²) in [6.07, 6.45) is 2.32. The number of benzene rings is 1. The molecule has 1 saturated heterocycles. The number of amides is 1. The summed E-state index contributed by atoms with van der Waals surface area (Å²) in [5, 5.41) is 12.0. The summed E-state index contributed by atoms with van der Waals surface area (Å²) in [7, 11) is 0. The van der Waals surface area contributed by atoms with Gasteiger partial charge in [-0.05, 0) is 43.4 Å². The lowest BCUT2D eigenvalue weighted by Gasteiger charge is -2.20. The second-order valence-corrected chi connectivity index (χ2v) is 6.68. The molecule has 0 bridgehead atoms. The molecule has 5 nitrogen and oxygen atoms in total. The van der Waals surface area contributed by atoms with Gasteiger partial charge in [0.15, 0.2) is 0 Å². The van der Waals surface area contributed by atoms with Crippen molar-refractivity contribution in [3.8, 4) is 0 Å². The summed E-state index contributed by atoms with van der Waals surface area (Å²) in [6, 6.07) is 6.26. The van der Waals surface area contributed by atoms with Crippen molar-refractivity contribution in [1.82, 2.24) is 5.32 Å². The number of aliphatic carboxylic acids is 1. The number of carboxylic acid groups (broad SMARTS) is 1. The first kappa shape index (κ1) is 16.9. The molecule has 1 aliphatic carbocycles. The number of carboxylic acids is 1. The van der Waals surface area contributed by atoms with Crippen LogP contribution in [0.2, 0.25) is 0 Å². The highest BCUT2D eigenvalue weighted by Gasteiger charge is 2.35. The lowest BCUT2D eigenvalue weighted by molar-refractivity contribution is -0.141. The first-order chi connectivity index (χ1) is 11.5. The van der Waals surface area contributed by atoms with Gasteiger partial charge in [-0.25, -0.2) is 4.39 Å². The van der Waals surface area contributed by atoms with Crippen LogP contribution in [0.15, 0.2) is 24.3 Å². The standard InChI is InChI=1S/C18H22FNO4/c19-15-5-3-11(4-6-15)16-14(7-8-24-16)10-20-17(21)12-1-2-13(9-12)18(22)23/h3-6,12-14,16H,1-2,7-10H2,(H,20,21)(H,22,23)/t12-,13+,14-,16-/m0/s1. The maximum Gasteiger partial charge on any atom is 0.306 e. The van der Waals surface area contributed by atoms with E-state index < -0.39 is 11.9 Å². The highest BCUT2D eigenvalue weighted by Crippen LogP contribution is 2.35. The molecule has 2 N–H and O–H groups in total. The van der Waals surface area contributed by atoms with Crippen molar-refractivity contribution in [2.75, 3.05) is 13.2 Å². The lowest BCUT2D eigenvalue weighted by atomic mass is 9.95. The van der Waals surface area contributed by atoms with Gasteiger partial charge in [0.1, 0.15) is 5.82 Å². The van der Waals surface area contributed by atoms with E-state index in [9.17, 15) is 14.0 Å². The minimum absolute atomic E-state index is 0.0662. The van der Waals surface area contributed by atoms with Gasteiger partial charge in [-0.2, -0.15) is 0 Å². The average molecular weight is 335 g/mol. The Bertz CT molecular complexity index is 604. The zero-order valence-corrected chi connectivity index (χ0v) is 13.4. The summed E-state index contributed by atoms with van der Waals surface area (Å²) in [6.45, 7) is 1.11. The van der Waals surface area contributed by atoms with E-state index in [1.165, 1.54) is 12.1 Å². The normalized spacial score (nSPS) is 29.5. The number of hydrogen-bond donors (Lipinski definition) is 2. The molecule has 1 saturated carbocycles. The van der Waals surface area contributed by atoms with Crippen LogP contribution in [0.5, 0.6) is 0 Å². The highest BCUT2D eigenvalue weighted by molar-refractivity contribution is 5.80. The number of carbonyl (C=O) groups excluding carboxylic acids is 1. The molecule has 6 heteroatoms. The largest absolute Gasteiger partial charge is 0.481 e. The molecular weight excluding hydrogens is 313 g/mol. The predicted molar refractivity (Wildman–Crippen MR) is 84.7 cm³/mol. The van der Waals surface area contributed by atoms with E-state index in [2.05, 4.69) is 5.32 Å². The first-order valence-corrected chi connectivity index (χ1v) is 8.42. The first-order valence-electron chi connectivity index (χ1n) is 8.42. The molecule has 0 unspecified atom stereocenters. The minimum Gasteiger partial charge on any atom is -0.481 e. The van der Waals surface area contributed by atoms with Crippen molar-refractivity contribution < 1.29 is 23.8 Å². The molecule has 1 aromatic rings. The van der Waals surface area contributed by atoms with Crippen LogP contribution in [0.1, 0.15) is 37.4 Å². The van der Waals surface area contributed by atoms with Crippen LogP contribution in [0.4, 0.5) is 4.39 Å². The van der Waals surface area contributed by atoms with Crippen molar-refractivity contribution in [2.45, 2.75) is 31.8 Å². The van der Waals surface area contributed by atoms with Crippen molar-refractivity contribution in [2.24, 2.45) is 17.8 Å². The van der Waals surface area contributed by atoms with Crippen LogP contribution < -0.4 is 5.32 Å². The summed E-state index contributed by atoms with van der Waals surface area (Å²) in [4.78, 5) is 23.2. The van der Waals surface area contributed by atoms with Crippen molar-refractivity contribution in [3.05, 3.63) is 35.6 Å². The van der Waals surface area contributed by atoms with Gasteiger partial charge in [-0.1, -0.05) is 12.1 Å². The predicted octanol–water partition coefficient (Wildman–Crippen LogP) is 2.52. The van der Waals surface area contributed by atoms with Crippen LogP contribution in [-0.4, -0.2) is 30.1 Å². The Morgan fingerprint density at radius 1 is 1.17 bits per heavy atom. The van der Waals surface area contributed by atoms with Gasteiger partial charge in [0.2, 0.25) is 5.91 Å².